The average molecular weight is 282 g/mol. The third-order valence-corrected chi connectivity index (χ3v) is 4.60. The predicted molar refractivity (Wildman–Crippen MR) is 80.7 cm³/mol. The maximum absolute atomic E-state index is 12.1. The number of carbonyl (C=O) groups is 1. The highest BCUT2D eigenvalue weighted by molar-refractivity contribution is 5.81. The van der Waals surface area contributed by atoms with Crippen LogP contribution in [0, 0.1) is 0 Å². The fourth-order valence-electron chi connectivity index (χ4n) is 3.29. The molecule has 0 spiro atoms. The zero-order valence-corrected chi connectivity index (χ0v) is 12.9. The molecule has 116 valence electrons. The number of amides is 1. The summed E-state index contributed by atoms with van der Waals surface area (Å²) >= 11 is 0. The molecule has 2 rings (SSSR count). The average Bonchev–Trinajstić information content (AvgIpc) is 2.48. The Morgan fingerprint density at radius 3 is 2.65 bits per heavy atom. The number of likely N-dealkylation sites (N-methyl/N-ethyl adjacent to an activating group) is 1. The van der Waals surface area contributed by atoms with Crippen LogP contribution < -0.4 is 5.32 Å². The molecule has 4 nitrogen and oxygen atoms in total. The second kappa shape index (κ2) is 8.63. The molecule has 1 saturated heterocycles. The number of nitrogens with one attached hydrogen (secondary N) is 1. The van der Waals surface area contributed by atoms with Gasteiger partial charge in [-0.25, -0.2) is 0 Å². The summed E-state index contributed by atoms with van der Waals surface area (Å²) in [5, 5.41) is 3.06. The van der Waals surface area contributed by atoms with E-state index < -0.39 is 0 Å². The molecule has 0 aromatic carbocycles. The molecule has 1 amide bonds. The normalized spacial score (nSPS) is 25.6. The van der Waals surface area contributed by atoms with Crippen LogP contribution in [0.2, 0.25) is 0 Å². The number of likely N-dealkylation sites (tertiary alicyclic amines) is 1. The van der Waals surface area contributed by atoms with E-state index in [1.807, 2.05) is 0 Å². The summed E-state index contributed by atoms with van der Waals surface area (Å²) in [6.07, 6.45) is 11.2. The maximum atomic E-state index is 12.1. The van der Waals surface area contributed by atoms with E-state index in [1.165, 1.54) is 44.9 Å². The van der Waals surface area contributed by atoms with Crippen molar-refractivity contribution in [2.45, 2.75) is 69.9 Å². The van der Waals surface area contributed by atoms with Crippen molar-refractivity contribution in [1.29, 1.82) is 0 Å². The number of rotatable bonds is 6. The molecule has 1 unspecified atom stereocenters. The fraction of sp³-hybridized carbons (Fsp3) is 0.938. The van der Waals surface area contributed by atoms with Crippen molar-refractivity contribution >= 4 is 5.91 Å². The maximum Gasteiger partial charge on any atom is 0.237 e. The first-order valence-electron chi connectivity index (χ1n) is 8.37. The lowest BCUT2D eigenvalue weighted by atomic mass is 9.98. The fourth-order valence-corrected chi connectivity index (χ4v) is 3.29. The molecule has 0 bridgehead atoms. The van der Waals surface area contributed by atoms with Gasteiger partial charge in [0.1, 0.15) is 0 Å². The third-order valence-electron chi connectivity index (χ3n) is 4.60. The Morgan fingerprint density at radius 1 is 1.15 bits per heavy atom. The van der Waals surface area contributed by atoms with E-state index >= 15 is 0 Å². The number of carbonyl (C=O) groups excluding carboxylic acids is 1. The van der Waals surface area contributed by atoms with Crippen molar-refractivity contribution in [1.82, 2.24) is 10.2 Å². The Labute approximate surface area is 123 Å². The van der Waals surface area contributed by atoms with Crippen LogP contribution in [-0.2, 0) is 9.53 Å². The SMILES string of the molecule is CN1CCCCC1C(=O)NCCCOC1CCCCC1. The van der Waals surface area contributed by atoms with E-state index in [0.29, 0.717) is 6.10 Å². The first kappa shape index (κ1) is 15.8. The number of hydrogen-bond acceptors (Lipinski definition) is 3. The van der Waals surface area contributed by atoms with Crippen molar-refractivity contribution in [2.24, 2.45) is 0 Å². The van der Waals surface area contributed by atoms with Crippen LogP contribution in [0.25, 0.3) is 0 Å². The van der Waals surface area contributed by atoms with Crippen molar-refractivity contribution in [3.05, 3.63) is 0 Å². The van der Waals surface area contributed by atoms with E-state index in [1.54, 1.807) is 0 Å². The minimum Gasteiger partial charge on any atom is -0.378 e. The first-order valence-corrected chi connectivity index (χ1v) is 8.37. The molecule has 2 aliphatic rings. The molecular weight excluding hydrogens is 252 g/mol. The number of piperidine rings is 1. The predicted octanol–water partition coefficient (Wildman–Crippen LogP) is 2.33. The van der Waals surface area contributed by atoms with Gasteiger partial charge in [0.25, 0.3) is 0 Å². The molecule has 1 aliphatic carbocycles. The Bertz CT molecular complexity index is 290. The minimum absolute atomic E-state index is 0.0861. The van der Waals surface area contributed by atoms with Crippen LogP contribution in [0.5, 0.6) is 0 Å². The van der Waals surface area contributed by atoms with Crippen LogP contribution >= 0.6 is 0 Å². The molecule has 0 aromatic rings. The van der Waals surface area contributed by atoms with Gasteiger partial charge in [0, 0.05) is 13.2 Å². The van der Waals surface area contributed by atoms with Gasteiger partial charge >= 0.3 is 0 Å². The Balaban J connectivity index is 1.52. The summed E-state index contributed by atoms with van der Waals surface area (Å²) in [6.45, 7) is 2.57. The molecule has 1 atom stereocenters. The molecule has 20 heavy (non-hydrogen) atoms. The number of nitrogens with zero attached hydrogens (tertiary/aromatic N) is 1. The van der Waals surface area contributed by atoms with Crippen LogP contribution in [0.1, 0.15) is 57.8 Å². The lowest BCUT2D eigenvalue weighted by Crippen LogP contribution is -2.47. The standard InChI is InChI=1S/C16H30N2O2/c1-18-12-6-5-10-15(18)16(19)17-11-7-13-20-14-8-3-2-4-9-14/h14-15H,2-13H2,1H3,(H,17,19). The molecule has 0 aromatic heterocycles. The van der Waals surface area contributed by atoms with E-state index in [9.17, 15) is 4.79 Å². The summed E-state index contributed by atoms with van der Waals surface area (Å²) in [5.41, 5.74) is 0. The van der Waals surface area contributed by atoms with Crippen molar-refractivity contribution in [2.75, 3.05) is 26.7 Å². The summed E-state index contributed by atoms with van der Waals surface area (Å²) in [4.78, 5) is 14.3. The lowest BCUT2D eigenvalue weighted by molar-refractivity contribution is -0.127. The lowest BCUT2D eigenvalue weighted by Gasteiger charge is -2.31. The summed E-state index contributed by atoms with van der Waals surface area (Å²) < 4.78 is 5.87. The highest BCUT2D eigenvalue weighted by Crippen LogP contribution is 2.20. The Hall–Kier alpha value is -0.610. The molecule has 0 radical (unpaired) electrons. The van der Waals surface area contributed by atoms with Gasteiger partial charge < -0.3 is 10.1 Å². The van der Waals surface area contributed by atoms with E-state index in [4.69, 9.17) is 4.74 Å². The third kappa shape index (κ3) is 5.06. The van der Waals surface area contributed by atoms with Crippen molar-refractivity contribution in [3.8, 4) is 0 Å². The molecule has 2 fully saturated rings. The van der Waals surface area contributed by atoms with Gasteiger partial charge in [-0.15, -0.1) is 0 Å². The number of ether oxygens (including phenoxy) is 1. The monoisotopic (exact) mass is 282 g/mol. The largest absolute Gasteiger partial charge is 0.378 e. The van der Waals surface area contributed by atoms with Gasteiger partial charge in [0.05, 0.1) is 12.1 Å². The summed E-state index contributed by atoms with van der Waals surface area (Å²) in [6, 6.07) is 0.0861. The molecule has 1 N–H and O–H groups in total. The highest BCUT2D eigenvalue weighted by Gasteiger charge is 2.25. The zero-order chi connectivity index (χ0) is 14.2. The molecule has 1 heterocycles. The summed E-state index contributed by atoms with van der Waals surface area (Å²) in [5.74, 6) is 0.199. The van der Waals surface area contributed by atoms with Gasteiger partial charge in [-0.2, -0.15) is 0 Å². The Kier molecular flexibility index (Phi) is 6.80. The second-order valence-corrected chi connectivity index (χ2v) is 6.27. The van der Waals surface area contributed by atoms with Crippen LogP contribution in [0.3, 0.4) is 0 Å². The Morgan fingerprint density at radius 2 is 1.90 bits per heavy atom. The van der Waals surface area contributed by atoms with Gasteiger partial charge in [-0.05, 0) is 45.7 Å². The smallest absolute Gasteiger partial charge is 0.237 e. The molecule has 1 aliphatic heterocycles. The molecule has 4 heteroatoms. The van der Waals surface area contributed by atoms with E-state index in [2.05, 4.69) is 17.3 Å². The van der Waals surface area contributed by atoms with Crippen molar-refractivity contribution in [3.63, 3.8) is 0 Å². The zero-order valence-electron chi connectivity index (χ0n) is 12.9. The number of hydrogen-bond donors (Lipinski definition) is 1. The van der Waals surface area contributed by atoms with E-state index in [0.717, 1.165) is 32.5 Å². The second-order valence-electron chi connectivity index (χ2n) is 6.27. The minimum atomic E-state index is 0.0861. The quantitative estimate of drug-likeness (QED) is 0.760. The van der Waals surface area contributed by atoms with Crippen LogP contribution in [-0.4, -0.2) is 49.7 Å². The highest BCUT2D eigenvalue weighted by atomic mass is 16.5. The van der Waals surface area contributed by atoms with Gasteiger partial charge in [-0.3, -0.25) is 9.69 Å². The van der Waals surface area contributed by atoms with Gasteiger partial charge in [0.15, 0.2) is 0 Å². The summed E-state index contributed by atoms with van der Waals surface area (Å²) in [7, 11) is 2.05. The molecule has 1 saturated carbocycles. The molecular formula is C16H30N2O2. The van der Waals surface area contributed by atoms with Gasteiger partial charge in [-0.1, -0.05) is 25.7 Å². The van der Waals surface area contributed by atoms with Crippen molar-refractivity contribution < 1.29 is 9.53 Å². The van der Waals surface area contributed by atoms with Crippen LogP contribution in [0.4, 0.5) is 0 Å². The van der Waals surface area contributed by atoms with Crippen LogP contribution in [0.15, 0.2) is 0 Å². The van der Waals surface area contributed by atoms with E-state index in [-0.39, 0.29) is 11.9 Å². The first-order chi connectivity index (χ1) is 9.77. The van der Waals surface area contributed by atoms with Gasteiger partial charge in [0.2, 0.25) is 5.91 Å². The topological polar surface area (TPSA) is 41.6 Å².